The number of hydrogen-bond donors (Lipinski definition) is 1. The molecule has 1 N–H and O–H groups in total. The topological polar surface area (TPSA) is 40.5 Å². The summed E-state index contributed by atoms with van der Waals surface area (Å²) in [7, 11) is 0. The van der Waals surface area contributed by atoms with Crippen LogP contribution in [-0.2, 0) is 5.72 Å². The number of unbranched alkanes of at least 4 members (excludes halogenated alkanes) is 7. The number of halogens is 1. The van der Waals surface area contributed by atoms with E-state index < -0.39 is 5.72 Å². The molecule has 0 spiro atoms. The van der Waals surface area contributed by atoms with E-state index in [-0.39, 0.29) is 5.91 Å². The van der Waals surface area contributed by atoms with Gasteiger partial charge in [-0.3, -0.25) is 9.69 Å². The minimum absolute atomic E-state index is 0.134. The molecule has 1 aliphatic rings. The molecule has 3 nitrogen and oxygen atoms in total. The minimum Gasteiger partial charge on any atom is -0.357 e. The lowest BCUT2D eigenvalue weighted by Gasteiger charge is -2.29. The third-order valence-electron chi connectivity index (χ3n) is 5.59. The molecule has 2 aromatic rings. The lowest BCUT2D eigenvalue weighted by atomic mass is 10.0. The summed E-state index contributed by atoms with van der Waals surface area (Å²) in [6.07, 6.45) is 9.43. The number of fused-ring (bicyclic) bond motifs is 1. The largest absolute Gasteiger partial charge is 0.357 e. The van der Waals surface area contributed by atoms with Gasteiger partial charge in [-0.15, -0.1) is 0 Å². The van der Waals surface area contributed by atoms with Crippen LogP contribution in [0.15, 0.2) is 54.6 Å². The number of hydrogen-bond acceptors (Lipinski definition) is 2. The standard InChI is InChI=1S/C26H30BrNO2/c27-20-12-5-3-1-2-4-6-13-21-28-25(29)23-16-10-11-17-24(23)26(28,30)19-18-22-14-8-7-9-15-22/h7-11,14-17,30H,1-6,12-13,20-21H2. The molecule has 158 valence electrons. The van der Waals surface area contributed by atoms with Crippen molar-refractivity contribution in [1.29, 1.82) is 0 Å². The smallest absolute Gasteiger partial charge is 0.257 e. The van der Waals surface area contributed by atoms with Crippen LogP contribution in [0.1, 0.15) is 72.9 Å². The molecule has 0 bridgehead atoms. The monoisotopic (exact) mass is 467 g/mol. The number of rotatable bonds is 10. The minimum atomic E-state index is -1.57. The summed E-state index contributed by atoms with van der Waals surface area (Å²) >= 11 is 3.47. The van der Waals surface area contributed by atoms with E-state index in [0.717, 1.165) is 30.2 Å². The van der Waals surface area contributed by atoms with E-state index in [0.29, 0.717) is 17.7 Å². The summed E-state index contributed by atoms with van der Waals surface area (Å²) in [5.74, 6) is 5.92. The lowest BCUT2D eigenvalue weighted by molar-refractivity contribution is -0.0362. The van der Waals surface area contributed by atoms with Crippen molar-refractivity contribution in [1.82, 2.24) is 4.90 Å². The van der Waals surface area contributed by atoms with Crippen LogP contribution < -0.4 is 0 Å². The van der Waals surface area contributed by atoms with E-state index in [1.165, 1.54) is 32.1 Å². The molecular formula is C26H30BrNO2. The van der Waals surface area contributed by atoms with Gasteiger partial charge in [0.15, 0.2) is 0 Å². The maximum atomic E-state index is 13.0. The van der Waals surface area contributed by atoms with Gasteiger partial charge in [-0.25, -0.2) is 0 Å². The van der Waals surface area contributed by atoms with Gasteiger partial charge in [0.2, 0.25) is 5.72 Å². The van der Waals surface area contributed by atoms with E-state index >= 15 is 0 Å². The molecule has 1 amide bonds. The highest BCUT2D eigenvalue weighted by Gasteiger charge is 2.47. The van der Waals surface area contributed by atoms with Gasteiger partial charge in [0.1, 0.15) is 0 Å². The highest BCUT2D eigenvalue weighted by atomic mass is 79.9. The summed E-state index contributed by atoms with van der Waals surface area (Å²) < 4.78 is 0. The fourth-order valence-electron chi connectivity index (χ4n) is 3.92. The Morgan fingerprint density at radius 3 is 2.13 bits per heavy atom. The average molecular weight is 468 g/mol. The van der Waals surface area contributed by atoms with Crippen LogP contribution in [0.5, 0.6) is 0 Å². The van der Waals surface area contributed by atoms with Crippen molar-refractivity contribution in [3.05, 3.63) is 71.3 Å². The second-order valence-corrected chi connectivity index (χ2v) is 8.60. The molecule has 0 saturated carbocycles. The summed E-state index contributed by atoms with van der Waals surface area (Å²) in [4.78, 5) is 14.5. The van der Waals surface area contributed by atoms with Crippen molar-refractivity contribution in [3.63, 3.8) is 0 Å². The quantitative estimate of drug-likeness (QED) is 0.270. The third kappa shape index (κ3) is 5.53. The molecule has 1 atom stereocenters. The molecule has 0 fully saturated rings. The normalized spacial score (nSPS) is 17.5. The summed E-state index contributed by atoms with van der Waals surface area (Å²) in [5, 5.41) is 12.6. The van der Waals surface area contributed by atoms with Crippen LogP contribution in [0.3, 0.4) is 0 Å². The van der Waals surface area contributed by atoms with Crippen LogP contribution in [-0.4, -0.2) is 27.8 Å². The highest BCUT2D eigenvalue weighted by Crippen LogP contribution is 2.37. The zero-order valence-corrected chi connectivity index (χ0v) is 19.0. The van der Waals surface area contributed by atoms with Crippen molar-refractivity contribution in [2.24, 2.45) is 0 Å². The zero-order valence-electron chi connectivity index (χ0n) is 17.4. The molecule has 4 heteroatoms. The summed E-state index contributed by atoms with van der Waals surface area (Å²) in [6, 6.07) is 16.8. The number of aliphatic hydroxyl groups is 1. The Hall–Kier alpha value is -2.09. The van der Waals surface area contributed by atoms with Gasteiger partial charge >= 0.3 is 0 Å². The predicted molar refractivity (Wildman–Crippen MR) is 125 cm³/mol. The first-order chi connectivity index (χ1) is 14.7. The predicted octanol–water partition coefficient (Wildman–Crippen LogP) is 5.85. The number of carbonyl (C=O) groups is 1. The van der Waals surface area contributed by atoms with Gasteiger partial charge in [-0.1, -0.05) is 96.8 Å². The molecule has 1 heterocycles. The van der Waals surface area contributed by atoms with Crippen LogP contribution >= 0.6 is 15.9 Å². The first kappa shape index (κ1) is 22.6. The Labute approximate surface area is 188 Å². The van der Waals surface area contributed by atoms with E-state index in [2.05, 4.69) is 27.8 Å². The number of alkyl halides is 1. The molecule has 0 saturated heterocycles. The van der Waals surface area contributed by atoms with Crippen molar-refractivity contribution < 1.29 is 9.90 Å². The van der Waals surface area contributed by atoms with Crippen LogP contribution in [0, 0.1) is 11.8 Å². The lowest BCUT2D eigenvalue weighted by Crippen LogP contribution is -2.43. The first-order valence-corrected chi connectivity index (χ1v) is 12.1. The Morgan fingerprint density at radius 1 is 0.833 bits per heavy atom. The van der Waals surface area contributed by atoms with E-state index in [1.54, 1.807) is 17.0 Å². The molecule has 1 unspecified atom stereocenters. The number of amides is 1. The van der Waals surface area contributed by atoms with Crippen molar-refractivity contribution in [2.45, 2.75) is 57.1 Å². The number of carbonyl (C=O) groups excluding carboxylic acids is 1. The van der Waals surface area contributed by atoms with Gasteiger partial charge in [0.25, 0.3) is 5.91 Å². The number of benzene rings is 2. The molecule has 1 aliphatic heterocycles. The first-order valence-electron chi connectivity index (χ1n) is 10.9. The van der Waals surface area contributed by atoms with Gasteiger partial charge in [-0.2, -0.15) is 0 Å². The zero-order chi connectivity index (χ0) is 21.2. The second kappa shape index (κ2) is 11.3. The van der Waals surface area contributed by atoms with Crippen LogP contribution in [0.4, 0.5) is 0 Å². The van der Waals surface area contributed by atoms with Gasteiger partial charge in [0, 0.05) is 28.6 Å². The van der Waals surface area contributed by atoms with Crippen LogP contribution in [0.2, 0.25) is 0 Å². The SMILES string of the molecule is O=C1c2ccccc2C(O)(C#Cc2ccccc2)N1CCCCCCCCCCBr. The van der Waals surface area contributed by atoms with Crippen molar-refractivity contribution >= 4 is 21.8 Å². The van der Waals surface area contributed by atoms with Crippen molar-refractivity contribution in [2.75, 3.05) is 11.9 Å². The van der Waals surface area contributed by atoms with E-state index in [1.807, 2.05) is 42.5 Å². The van der Waals surface area contributed by atoms with Crippen molar-refractivity contribution in [3.8, 4) is 11.8 Å². The Morgan fingerprint density at radius 2 is 1.43 bits per heavy atom. The Balaban J connectivity index is 1.63. The molecule has 2 aromatic carbocycles. The fraction of sp³-hybridized carbons (Fsp3) is 0.423. The molecule has 30 heavy (non-hydrogen) atoms. The van der Waals surface area contributed by atoms with Crippen LogP contribution in [0.25, 0.3) is 0 Å². The Bertz CT molecular complexity index is 887. The second-order valence-electron chi connectivity index (χ2n) is 7.81. The van der Waals surface area contributed by atoms with Gasteiger partial charge in [-0.05, 0) is 37.0 Å². The third-order valence-corrected chi connectivity index (χ3v) is 6.15. The maximum absolute atomic E-state index is 13.0. The molecular weight excluding hydrogens is 438 g/mol. The summed E-state index contributed by atoms with van der Waals surface area (Å²) in [6.45, 7) is 0.511. The fourth-order valence-corrected chi connectivity index (χ4v) is 4.31. The molecule has 0 radical (unpaired) electrons. The summed E-state index contributed by atoms with van der Waals surface area (Å²) in [5.41, 5.74) is 0.390. The maximum Gasteiger partial charge on any atom is 0.257 e. The average Bonchev–Trinajstić information content (AvgIpc) is 2.99. The van der Waals surface area contributed by atoms with Gasteiger partial charge in [0.05, 0.1) is 0 Å². The molecule has 0 aliphatic carbocycles. The highest BCUT2D eigenvalue weighted by molar-refractivity contribution is 9.09. The van der Waals surface area contributed by atoms with E-state index in [4.69, 9.17) is 0 Å². The molecule has 3 rings (SSSR count). The number of nitrogens with zero attached hydrogens (tertiary/aromatic N) is 1. The Kier molecular flexibility index (Phi) is 8.54. The molecule has 0 aromatic heterocycles. The van der Waals surface area contributed by atoms with E-state index in [9.17, 15) is 9.90 Å². The van der Waals surface area contributed by atoms with Gasteiger partial charge < -0.3 is 5.11 Å².